The van der Waals surface area contributed by atoms with Crippen LogP contribution in [0.4, 0.5) is 46.3 Å². The zero-order chi connectivity index (χ0) is 43.1. The first kappa shape index (κ1) is 41.7. The van der Waals surface area contributed by atoms with Crippen molar-refractivity contribution in [2.24, 2.45) is 10.2 Å². The number of anilines is 6. The Morgan fingerprint density at radius 1 is 0.817 bits per heavy atom. The number of rotatable bonds is 12. The summed E-state index contributed by atoms with van der Waals surface area (Å²) in [6, 6.07) is 14.3. The number of hydrogen-bond donors (Lipinski definition) is 5. The van der Waals surface area contributed by atoms with Crippen LogP contribution in [0.3, 0.4) is 0 Å². The Labute approximate surface area is 350 Å². The van der Waals surface area contributed by atoms with Crippen molar-refractivity contribution in [3.05, 3.63) is 88.4 Å². The third-order valence-electron chi connectivity index (χ3n) is 8.54. The van der Waals surface area contributed by atoms with E-state index in [0.29, 0.717) is 29.1 Å². The molecule has 7 aromatic rings. The summed E-state index contributed by atoms with van der Waals surface area (Å²) in [5.74, 6) is 0.0360. The van der Waals surface area contributed by atoms with Crippen LogP contribution in [0.2, 0.25) is 10.6 Å². The van der Waals surface area contributed by atoms with Gasteiger partial charge in [-0.15, -0.1) is 10.2 Å². The highest BCUT2D eigenvalue weighted by Gasteiger charge is 2.24. The van der Waals surface area contributed by atoms with E-state index in [1.807, 2.05) is 6.92 Å². The monoisotopic (exact) mass is 893 g/mol. The van der Waals surface area contributed by atoms with Crippen molar-refractivity contribution < 1.29 is 35.6 Å². The molecule has 0 bridgehead atoms. The molecule has 0 aliphatic heterocycles. The highest BCUT2D eigenvalue weighted by atomic mass is 35.5. The molecule has 0 aliphatic rings. The van der Waals surface area contributed by atoms with Crippen LogP contribution in [0, 0.1) is 13.8 Å². The van der Waals surface area contributed by atoms with E-state index < -0.39 is 35.8 Å². The zero-order valence-electron chi connectivity index (χ0n) is 31.4. The Morgan fingerprint density at radius 3 is 2.22 bits per heavy atom. The zero-order valence-corrected chi connectivity index (χ0v) is 34.5. The number of phenols is 1. The fraction of sp³-hybridized carbons (Fsp3) is 0.143. The van der Waals surface area contributed by atoms with E-state index in [-0.39, 0.29) is 73.6 Å². The minimum absolute atomic E-state index is 0.0134. The number of halogens is 2. The number of hydrogen-bond acceptors (Lipinski definition) is 19. The SMILES string of the molecule is CCc1noc(-c2ccccc2N=Nc2c(C)cc3cc(S(=O)(=O)O)cc(Nc4nc(Cl)nc(Nc5ccc(S(=O)(=O)O)c(N(C)c6nc(C)nc(Cl)n6)c5)n4)c3c2O)n1. The van der Waals surface area contributed by atoms with E-state index in [4.69, 9.17) is 27.7 Å². The van der Waals surface area contributed by atoms with Crippen LogP contribution >= 0.6 is 23.2 Å². The number of phenolic OH excluding ortho intramolecular Hbond substituents is 1. The number of aromatic hydroxyl groups is 1. The van der Waals surface area contributed by atoms with Crippen molar-refractivity contribution in [3.63, 3.8) is 0 Å². The number of nitrogens with zero attached hydrogens (tertiary/aromatic N) is 11. The van der Waals surface area contributed by atoms with Crippen LogP contribution in [0.5, 0.6) is 5.75 Å². The standard InChI is InChI=1S/C35H29Cl2N13O8S2/c1-5-26-42-30(58-49-26)21-8-6-7-9-22(21)47-48-28-16(2)12-18-13-20(59(52,53)54)15-23(27(18)29(28)51)41-34-44-32(37)43-33(46-34)40-19-10-11-25(60(55,56)57)24(14-19)50(4)35-39-17(3)38-31(36)45-35/h6-15,51H,5H2,1-4H3,(H,52,53,54)(H,55,56,57)(H2,40,41,43,44,46). The topological polar surface area (TPSA) is 297 Å². The van der Waals surface area contributed by atoms with Crippen LogP contribution in [-0.2, 0) is 26.7 Å². The molecule has 4 aromatic carbocycles. The third kappa shape index (κ3) is 8.90. The number of nitrogens with one attached hydrogen (secondary N) is 2. The largest absolute Gasteiger partial charge is 0.505 e. The lowest BCUT2D eigenvalue weighted by Crippen LogP contribution is -2.18. The number of fused-ring (bicyclic) bond motifs is 1. The molecule has 25 heteroatoms. The van der Waals surface area contributed by atoms with Crippen LogP contribution in [-0.4, -0.2) is 78.1 Å². The highest BCUT2D eigenvalue weighted by Crippen LogP contribution is 2.44. The number of azo groups is 1. The van der Waals surface area contributed by atoms with Gasteiger partial charge in [0.1, 0.15) is 16.4 Å². The Bertz CT molecular complexity index is 3080. The molecule has 0 spiro atoms. The van der Waals surface area contributed by atoms with E-state index in [1.165, 1.54) is 30.1 Å². The van der Waals surface area contributed by atoms with Crippen LogP contribution in [0.15, 0.2) is 85.2 Å². The van der Waals surface area contributed by atoms with Gasteiger partial charge in [-0.3, -0.25) is 9.11 Å². The van der Waals surface area contributed by atoms with Gasteiger partial charge in [0.15, 0.2) is 11.6 Å². The molecule has 3 heterocycles. The average molecular weight is 895 g/mol. The predicted molar refractivity (Wildman–Crippen MR) is 219 cm³/mol. The van der Waals surface area contributed by atoms with Gasteiger partial charge in [-0.1, -0.05) is 24.2 Å². The summed E-state index contributed by atoms with van der Waals surface area (Å²) in [5, 5.41) is 29.8. The third-order valence-corrected chi connectivity index (χ3v) is 10.6. The second kappa shape index (κ2) is 16.3. The number of benzene rings is 4. The first-order valence-corrected chi connectivity index (χ1v) is 20.8. The van der Waals surface area contributed by atoms with Gasteiger partial charge in [0.2, 0.25) is 28.4 Å². The summed E-state index contributed by atoms with van der Waals surface area (Å²) < 4.78 is 75.0. The maximum absolute atomic E-state index is 12.4. The summed E-state index contributed by atoms with van der Waals surface area (Å²) in [5.41, 5.74) is 1.23. The van der Waals surface area contributed by atoms with Gasteiger partial charge in [0.25, 0.3) is 26.1 Å². The normalized spacial score (nSPS) is 12.0. The van der Waals surface area contributed by atoms with Crippen molar-refractivity contribution in [3.8, 4) is 17.2 Å². The van der Waals surface area contributed by atoms with Gasteiger partial charge in [-0.2, -0.15) is 46.7 Å². The molecular formula is C35H29Cl2N13O8S2. The molecule has 5 N–H and O–H groups in total. The summed E-state index contributed by atoms with van der Waals surface area (Å²) >= 11 is 12.3. The number of aryl methyl sites for hydroxylation is 3. The molecule has 0 amide bonds. The lowest BCUT2D eigenvalue weighted by atomic mass is 10.0. The van der Waals surface area contributed by atoms with Crippen molar-refractivity contribution in [1.82, 2.24) is 40.0 Å². The van der Waals surface area contributed by atoms with Crippen molar-refractivity contribution in [2.45, 2.75) is 37.0 Å². The molecule has 3 aromatic heterocycles. The van der Waals surface area contributed by atoms with Gasteiger partial charge < -0.3 is 25.2 Å². The van der Waals surface area contributed by atoms with E-state index in [1.54, 1.807) is 38.1 Å². The molecule has 60 heavy (non-hydrogen) atoms. The summed E-state index contributed by atoms with van der Waals surface area (Å²) in [6.07, 6.45) is 0.549. The molecule has 308 valence electrons. The quantitative estimate of drug-likeness (QED) is 0.0582. The predicted octanol–water partition coefficient (Wildman–Crippen LogP) is 7.62. The van der Waals surface area contributed by atoms with Crippen molar-refractivity contribution in [2.75, 3.05) is 22.6 Å². The second-order valence-corrected chi connectivity index (χ2v) is 16.2. The summed E-state index contributed by atoms with van der Waals surface area (Å²) in [6.45, 7) is 5.05. The summed E-state index contributed by atoms with van der Waals surface area (Å²) in [7, 11) is -8.12. The molecule has 0 saturated heterocycles. The Kier molecular flexibility index (Phi) is 11.3. The molecular weight excluding hydrogens is 866 g/mol. The lowest BCUT2D eigenvalue weighted by Gasteiger charge is -2.21. The van der Waals surface area contributed by atoms with Crippen LogP contribution < -0.4 is 15.5 Å². The van der Waals surface area contributed by atoms with E-state index in [9.17, 15) is 31.0 Å². The first-order valence-electron chi connectivity index (χ1n) is 17.2. The maximum atomic E-state index is 12.4. The Balaban J connectivity index is 1.27. The van der Waals surface area contributed by atoms with Crippen LogP contribution in [0.1, 0.15) is 24.1 Å². The highest BCUT2D eigenvalue weighted by molar-refractivity contribution is 7.86. The fourth-order valence-electron chi connectivity index (χ4n) is 5.83. The average Bonchev–Trinajstić information content (AvgIpc) is 3.65. The first-order chi connectivity index (χ1) is 28.4. The lowest BCUT2D eigenvalue weighted by molar-refractivity contribution is 0.423. The molecule has 21 nitrogen and oxygen atoms in total. The Morgan fingerprint density at radius 2 is 1.53 bits per heavy atom. The molecule has 0 saturated carbocycles. The summed E-state index contributed by atoms with van der Waals surface area (Å²) in [4.78, 5) is 29.2. The van der Waals surface area contributed by atoms with Gasteiger partial charge >= 0.3 is 0 Å². The molecule has 0 atom stereocenters. The molecule has 0 radical (unpaired) electrons. The molecule has 0 unspecified atom stereocenters. The van der Waals surface area contributed by atoms with Gasteiger partial charge in [-0.25, -0.2) is 4.98 Å². The molecule has 7 rings (SSSR count). The van der Waals surface area contributed by atoms with Crippen molar-refractivity contribution >= 4 is 100 Å². The molecule has 0 fully saturated rings. The van der Waals surface area contributed by atoms with Gasteiger partial charge in [0.05, 0.1) is 27.5 Å². The minimum Gasteiger partial charge on any atom is -0.505 e. The van der Waals surface area contributed by atoms with Crippen molar-refractivity contribution in [1.29, 1.82) is 0 Å². The van der Waals surface area contributed by atoms with E-state index in [0.717, 1.165) is 18.2 Å². The van der Waals surface area contributed by atoms with Crippen LogP contribution in [0.25, 0.3) is 22.2 Å². The van der Waals surface area contributed by atoms with Gasteiger partial charge in [0, 0.05) is 24.5 Å². The Hall–Kier alpha value is -6.50. The fourth-order valence-corrected chi connectivity index (χ4v) is 7.43. The van der Waals surface area contributed by atoms with E-state index in [2.05, 4.69) is 60.9 Å². The minimum atomic E-state index is -4.79. The molecule has 0 aliphatic carbocycles. The second-order valence-electron chi connectivity index (χ2n) is 12.7. The van der Waals surface area contributed by atoms with Gasteiger partial charge in [-0.05, 0) is 96.5 Å². The number of aromatic nitrogens is 8. The van der Waals surface area contributed by atoms with E-state index >= 15 is 0 Å². The smallest absolute Gasteiger partial charge is 0.296 e. The maximum Gasteiger partial charge on any atom is 0.296 e.